The van der Waals surface area contributed by atoms with Crippen molar-refractivity contribution in [3.8, 4) is 5.75 Å². The van der Waals surface area contributed by atoms with Gasteiger partial charge in [0.25, 0.3) is 5.91 Å². The van der Waals surface area contributed by atoms with Crippen molar-refractivity contribution in [3.05, 3.63) is 48.5 Å². The molecule has 1 aliphatic heterocycles. The second-order valence-corrected chi connectivity index (χ2v) is 6.23. The topological polar surface area (TPSA) is 87.7 Å². The summed E-state index contributed by atoms with van der Waals surface area (Å²) in [5.74, 6) is -2.99. The second kappa shape index (κ2) is 7.82. The quantitative estimate of drug-likeness (QED) is 0.816. The van der Waals surface area contributed by atoms with E-state index in [-0.39, 0.29) is 23.7 Å². The summed E-state index contributed by atoms with van der Waals surface area (Å²) >= 11 is 0. The third-order valence-electron chi connectivity index (χ3n) is 4.04. The first-order valence-electron chi connectivity index (χ1n) is 8.50. The third kappa shape index (κ3) is 4.65. The molecule has 1 heterocycles. The van der Waals surface area contributed by atoms with Crippen LogP contribution in [0.5, 0.6) is 5.75 Å². The van der Waals surface area contributed by atoms with Crippen LogP contribution in [0.15, 0.2) is 48.5 Å². The Morgan fingerprint density at radius 1 is 1.07 bits per heavy atom. The minimum absolute atomic E-state index is 0.0799. The van der Waals surface area contributed by atoms with Crippen molar-refractivity contribution in [2.24, 2.45) is 0 Å². The minimum Gasteiger partial charge on any atom is -0.479 e. The molecule has 0 bridgehead atoms. The smallest absolute Gasteiger partial charge is 0.471 e. The molecular formula is C19H16F3N3O4. The number of halogens is 3. The molecule has 1 unspecified atom stereocenters. The first kappa shape index (κ1) is 20.2. The van der Waals surface area contributed by atoms with E-state index in [1.165, 1.54) is 19.1 Å². The van der Waals surface area contributed by atoms with E-state index in [0.717, 1.165) is 11.0 Å². The highest BCUT2D eigenvalue weighted by Crippen LogP contribution is 2.36. The van der Waals surface area contributed by atoms with Gasteiger partial charge in [0.2, 0.25) is 5.91 Å². The van der Waals surface area contributed by atoms with E-state index in [1.807, 2.05) is 0 Å². The number of anilines is 3. The maximum Gasteiger partial charge on any atom is 0.471 e. The van der Waals surface area contributed by atoms with Crippen molar-refractivity contribution in [3.63, 3.8) is 0 Å². The molecule has 3 amide bonds. The molecule has 1 atom stereocenters. The van der Waals surface area contributed by atoms with Gasteiger partial charge in [-0.2, -0.15) is 13.2 Å². The fourth-order valence-electron chi connectivity index (χ4n) is 2.72. The van der Waals surface area contributed by atoms with E-state index >= 15 is 0 Å². The lowest BCUT2D eigenvalue weighted by molar-refractivity contribution is -0.167. The number of carbonyl (C=O) groups is 3. The maximum atomic E-state index is 12.5. The van der Waals surface area contributed by atoms with Gasteiger partial charge in [0.15, 0.2) is 6.10 Å². The number of alkyl halides is 3. The van der Waals surface area contributed by atoms with Crippen LogP contribution in [0.4, 0.5) is 30.2 Å². The molecule has 29 heavy (non-hydrogen) atoms. The number of fused-ring (bicyclic) bond motifs is 1. The van der Waals surface area contributed by atoms with Gasteiger partial charge in [-0.05, 0) is 37.3 Å². The summed E-state index contributed by atoms with van der Waals surface area (Å²) in [7, 11) is 0. The lowest BCUT2D eigenvalue weighted by Gasteiger charge is -2.33. The largest absolute Gasteiger partial charge is 0.479 e. The number of amides is 3. The highest BCUT2D eigenvalue weighted by atomic mass is 19.4. The predicted molar refractivity (Wildman–Crippen MR) is 98.6 cm³/mol. The molecule has 10 heteroatoms. The van der Waals surface area contributed by atoms with Gasteiger partial charge in [-0.1, -0.05) is 18.2 Å². The first-order valence-corrected chi connectivity index (χ1v) is 8.50. The minimum atomic E-state index is -5.06. The zero-order valence-corrected chi connectivity index (χ0v) is 15.1. The second-order valence-electron chi connectivity index (χ2n) is 6.23. The Labute approximate surface area is 163 Å². The molecule has 7 nitrogen and oxygen atoms in total. The Hall–Kier alpha value is -3.56. The fourth-order valence-corrected chi connectivity index (χ4v) is 2.72. The summed E-state index contributed by atoms with van der Waals surface area (Å²) in [6.45, 7) is 1.11. The van der Waals surface area contributed by atoms with Gasteiger partial charge in [-0.15, -0.1) is 0 Å². The van der Waals surface area contributed by atoms with E-state index in [0.29, 0.717) is 5.69 Å². The molecule has 0 aromatic heterocycles. The maximum absolute atomic E-state index is 12.5. The number of carbonyl (C=O) groups excluding carboxylic acids is 3. The number of nitrogens with one attached hydrogen (secondary N) is 2. The summed E-state index contributed by atoms with van der Waals surface area (Å²) in [6, 6.07) is 12.2. The number of ether oxygens (including phenoxy) is 1. The molecule has 152 valence electrons. The number of nitrogens with zero attached hydrogens (tertiary/aromatic N) is 1. The van der Waals surface area contributed by atoms with Crippen LogP contribution in [0.3, 0.4) is 0 Å². The van der Waals surface area contributed by atoms with Crippen molar-refractivity contribution in [2.45, 2.75) is 19.2 Å². The molecule has 2 aromatic rings. The van der Waals surface area contributed by atoms with Crippen LogP contribution in [0, 0.1) is 0 Å². The Balaban J connectivity index is 1.84. The number of para-hydroxylation sites is 1. The van der Waals surface area contributed by atoms with Gasteiger partial charge in [0.1, 0.15) is 12.3 Å². The standard InChI is InChI=1S/C19H16F3N3O4/c1-11-17(27)25(10-16(26)23-12-5-3-2-4-6-12)14-9-13(7-8-15(14)29-11)24-18(28)19(20,21)22/h2-9,11H,10H2,1H3,(H,23,26)(H,24,28). The van der Waals surface area contributed by atoms with E-state index < -0.39 is 30.0 Å². The third-order valence-corrected chi connectivity index (χ3v) is 4.04. The van der Waals surface area contributed by atoms with Crippen molar-refractivity contribution in [1.29, 1.82) is 0 Å². The van der Waals surface area contributed by atoms with E-state index in [1.54, 1.807) is 35.6 Å². The monoisotopic (exact) mass is 407 g/mol. The molecule has 2 N–H and O–H groups in total. The Kier molecular flexibility index (Phi) is 5.44. The molecule has 3 rings (SSSR count). The van der Waals surface area contributed by atoms with Crippen molar-refractivity contribution >= 4 is 34.8 Å². The van der Waals surface area contributed by atoms with Crippen LogP contribution in [-0.2, 0) is 14.4 Å². The Morgan fingerprint density at radius 2 is 1.76 bits per heavy atom. The first-order chi connectivity index (χ1) is 13.6. The molecule has 1 aliphatic rings. The van der Waals surface area contributed by atoms with Crippen LogP contribution < -0.4 is 20.3 Å². The van der Waals surface area contributed by atoms with Crippen LogP contribution in [0.2, 0.25) is 0 Å². The molecule has 0 fully saturated rings. The summed E-state index contributed by atoms with van der Waals surface area (Å²) in [5, 5.41) is 4.34. The zero-order valence-electron chi connectivity index (χ0n) is 15.1. The van der Waals surface area contributed by atoms with Gasteiger partial charge < -0.3 is 15.4 Å². The van der Waals surface area contributed by atoms with Crippen LogP contribution >= 0.6 is 0 Å². The highest BCUT2D eigenvalue weighted by Gasteiger charge is 2.39. The summed E-state index contributed by atoms with van der Waals surface area (Å²) in [4.78, 5) is 37.2. The molecule has 0 saturated heterocycles. The molecule has 0 spiro atoms. The Bertz CT molecular complexity index is 947. The molecule has 2 aromatic carbocycles. The number of hydrogen-bond acceptors (Lipinski definition) is 4. The van der Waals surface area contributed by atoms with Gasteiger partial charge >= 0.3 is 12.1 Å². The molecule has 0 radical (unpaired) electrons. The van der Waals surface area contributed by atoms with E-state index in [4.69, 9.17) is 4.74 Å². The summed E-state index contributed by atoms with van der Waals surface area (Å²) in [5.41, 5.74) is 0.416. The zero-order chi connectivity index (χ0) is 21.2. The lowest BCUT2D eigenvalue weighted by atomic mass is 10.1. The van der Waals surface area contributed by atoms with Gasteiger partial charge in [-0.3, -0.25) is 19.3 Å². The highest BCUT2D eigenvalue weighted by molar-refractivity contribution is 6.07. The summed E-state index contributed by atoms with van der Waals surface area (Å²) in [6.07, 6.45) is -5.95. The van der Waals surface area contributed by atoms with Crippen LogP contribution in [-0.4, -0.2) is 36.5 Å². The fraction of sp³-hybridized carbons (Fsp3) is 0.211. The summed E-state index contributed by atoms with van der Waals surface area (Å²) < 4.78 is 42.9. The molecule has 0 aliphatic carbocycles. The van der Waals surface area contributed by atoms with Crippen molar-refractivity contribution < 1.29 is 32.3 Å². The van der Waals surface area contributed by atoms with Gasteiger partial charge in [-0.25, -0.2) is 0 Å². The van der Waals surface area contributed by atoms with Crippen molar-refractivity contribution in [1.82, 2.24) is 0 Å². The molecule has 0 saturated carbocycles. The van der Waals surface area contributed by atoms with Crippen molar-refractivity contribution in [2.75, 3.05) is 22.1 Å². The lowest BCUT2D eigenvalue weighted by Crippen LogP contribution is -2.47. The van der Waals surface area contributed by atoms with E-state index in [9.17, 15) is 27.6 Å². The van der Waals surface area contributed by atoms with Gasteiger partial charge in [0, 0.05) is 11.4 Å². The van der Waals surface area contributed by atoms with Gasteiger partial charge in [0.05, 0.1) is 5.69 Å². The SMILES string of the molecule is CC1Oc2ccc(NC(=O)C(F)(F)F)cc2N(CC(=O)Nc2ccccc2)C1=O. The number of benzene rings is 2. The normalized spacial score (nSPS) is 15.9. The number of hydrogen-bond donors (Lipinski definition) is 2. The van der Waals surface area contributed by atoms with Crippen LogP contribution in [0.1, 0.15) is 6.92 Å². The molecular weight excluding hydrogens is 391 g/mol. The predicted octanol–water partition coefficient (Wildman–Crippen LogP) is 2.94. The van der Waals surface area contributed by atoms with Crippen LogP contribution in [0.25, 0.3) is 0 Å². The number of rotatable bonds is 4. The average molecular weight is 407 g/mol. The average Bonchev–Trinajstić information content (AvgIpc) is 2.66. The Morgan fingerprint density at radius 3 is 2.41 bits per heavy atom. The van der Waals surface area contributed by atoms with E-state index in [2.05, 4.69) is 5.32 Å².